The number of hydrogen-bond acceptors (Lipinski definition) is 9. The highest BCUT2D eigenvalue weighted by Crippen LogP contribution is 2.35. The number of amides is 1. The zero-order chi connectivity index (χ0) is 25.5. The van der Waals surface area contributed by atoms with Crippen molar-refractivity contribution in [1.82, 2.24) is 14.9 Å². The molecule has 2 fully saturated rings. The number of aromatic hydroxyl groups is 1. The molecule has 1 aromatic carbocycles. The molecule has 2 saturated heterocycles. The molecule has 0 saturated carbocycles. The van der Waals surface area contributed by atoms with E-state index in [2.05, 4.69) is 14.9 Å². The maximum absolute atomic E-state index is 12.8. The highest BCUT2D eigenvalue weighted by atomic mass is 16.6. The first-order chi connectivity index (χ1) is 18.0. The first-order valence-electron chi connectivity index (χ1n) is 12.0. The van der Waals surface area contributed by atoms with Crippen LogP contribution in [0.2, 0.25) is 0 Å². The second-order valence-electron chi connectivity index (χ2n) is 9.44. The number of anilines is 1. The lowest BCUT2D eigenvalue weighted by Crippen LogP contribution is -2.48. The van der Waals surface area contributed by atoms with Crippen molar-refractivity contribution in [3.8, 4) is 28.8 Å². The molecule has 3 aliphatic heterocycles. The predicted octanol–water partition coefficient (Wildman–Crippen LogP) is 2.68. The second kappa shape index (κ2) is 9.19. The summed E-state index contributed by atoms with van der Waals surface area (Å²) < 4.78 is 11.2. The number of hydrogen-bond donors (Lipinski definition) is 1. The second-order valence-corrected chi connectivity index (χ2v) is 9.44. The molecule has 3 aliphatic rings. The Labute approximate surface area is 212 Å². The van der Waals surface area contributed by atoms with Crippen LogP contribution in [0.3, 0.4) is 0 Å². The number of Topliss-reactive ketones (excluding diaryl/α,β-unsaturated/α-hetero) is 1. The molecule has 0 spiro atoms. The lowest BCUT2D eigenvalue weighted by Gasteiger charge is -2.33. The number of phenols is 1. The molecular weight excluding hydrogens is 474 g/mol. The van der Waals surface area contributed by atoms with Crippen molar-refractivity contribution in [2.24, 2.45) is 5.92 Å². The standard InChI is InChI=1S/C27H23N5O5/c28-10-18-4-2-6-21(29-18)20-5-1-3-16(26(20)34)11-31-12-17-13-32(27(35)37-24(17)14-31)25-8-7-23-22(30-25)9-19(33)15-36-23/h1-8,17,24,34H,9,11-15H2/t17-,24+/m1/s1. The molecule has 0 aliphatic carbocycles. The van der Waals surface area contributed by atoms with Gasteiger partial charge in [-0.1, -0.05) is 18.2 Å². The fraction of sp³-hybridized carbons (Fsp3) is 0.296. The van der Waals surface area contributed by atoms with Gasteiger partial charge in [-0.15, -0.1) is 0 Å². The number of aromatic nitrogens is 2. The van der Waals surface area contributed by atoms with Crippen LogP contribution in [-0.4, -0.2) is 64.2 Å². The molecule has 0 bridgehead atoms. The summed E-state index contributed by atoms with van der Waals surface area (Å²) in [5.41, 5.74) is 2.63. The van der Waals surface area contributed by atoms with E-state index < -0.39 is 6.09 Å². The summed E-state index contributed by atoms with van der Waals surface area (Å²) in [5.74, 6) is 1.14. The smallest absolute Gasteiger partial charge is 0.415 e. The Kier molecular flexibility index (Phi) is 5.70. The summed E-state index contributed by atoms with van der Waals surface area (Å²) in [6.07, 6.45) is -0.539. The van der Waals surface area contributed by atoms with Gasteiger partial charge in [-0.25, -0.2) is 14.8 Å². The monoisotopic (exact) mass is 497 g/mol. The summed E-state index contributed by atoms with van der Waals surface area (Å²) in [5, 5.41) is 20.1. The number of benzene rings is 1. The van der Waals surface area contributed by atoms with E-state index in [1.165, 1.54) is 4.90 Å². The van der Waals surface area contributed by atoms with E-state index >= 15 is 0 Å². The lowest BCUT2D eigenvalue weighted by atomic mass is 10.0. The zero-order valence-electron chi connectivity index (χ0n) is 19.8. The van der Waals surface area contributed by atoms with Gasteiger partial charge in [0, 0.05) is 43.2 Å². The molecule has 5 heterocycles. The zero-order valence-corrected chi connectivity index (χ0v) is 19.8. The normalized spacial score (nSPS) is 21.0. The fourth-order valence-corrected chi connectivity index (χ4v) is 5.15. The van der Waals surface area contributed by atoms with Gasteiger partial charge in [0.1, 0.15) is 41.8 Å². The molecule has 10 nitrogen and oxygen atoms in total. The maximum Gasteiger partial charge on any atom is 0.415 e. The van der Waals surface area contributed by atoms with Crippen LogP contribution in [0.1, 0.15) is 17.0 Å². The number of nitriles is 1. The number of pyridine rings is 2. The number of likely N-dealkylation sites (tertiary alicyclic amines) is 1. The third kappa shape index (κ3) is 4.34. The van der Waals surface area contributed by atoms with Crippen LogP contribution < -0.4 is 9.64 Å². The van der Waals surface area contributed by atoms with Gasteiger partial charge in [0.05, 0.1) is 17.8 Å². The first kappa shape index (κ1) is 22.9. The van der Waals surface area contributed by atoms with E-state index in [0.29, 0.717) is 54.7 Å². The van der Waals surface area contributed by atoms with Gasteiger partial charge in [-0.05, 0) is 30.3 Å². The van der Waals surface area contributed by atoms with Gasteiger partial charge < -0.3 is 14.6 Å². The average molecular weight is 498 g/mol. The Balaban J connectivity index is 1.17. The van der Waals surface area contributed by atoms with Crippen LogP contribution in [0.15, 0.2) is 48.5 Å². The third-order valence-electron chi connectivity index (χ3n) is 6.95. The van der Waals surface area contributed by atoms with Crippen LogP contribution in [0.5, 0.6) is 11.5 Å². The molecule has 1 N–H and O–H groups in total. The number of phenolic OH excluding ortho intramolecular Hbond substituents is 1. The molecule has 1 amide bonds. The number of carbonyl (C=O) groups excluding carboxylic acids is 2. The number of ether oxygens (including phenoxy) is 2. The van der Waals surface area contributed by atoms with Gasteiger partial charge in [0.25, 0.3) is 0 Å². The number of para-hydroxylation sites is 1. The number of fused-ring (bicyclic) bond motifs is 2. The van der Waals surface area contributed by atoms with Crippen LogP contribution in [0, 0.1) is 17.2 Å². The number of nitrogens with zero attached hydrogens (tertiary/aromatic N) is 5. The molecule has 0 radical (unpaired) electrons. The average Bonchev–Trinajstić information content (AvgIpc) is 3.30. The van der Waals surface area contributed by atoms with E-state index in [-0.39, 0.29) is 42.3 Å². The van der Waals surface area contributed by atoms with Crippen molar-refractivity contribution < 1.29 is 24.2 Å². The molecule has 10 heteroatoms. The summed E-state index contributed by atoms with van der Waals surface area (Å²) in [6, 6.07) is 16.1. The number of carbonyl (C=O) groups is 2. The van der Waals surface area contributed by atoms with Gasteiger partial charge in [-0.3, -0.25) is 14.6 Å². The quantitative estimate of drug-likeness (QED) is 0.578. The Bertz CT molecular complexity index is 1450. The van der Waals surface area contributed by atoms with E-state index in [1.54, 1.807) is 36.4 Å². The lowest BCUT2D eigenvalue weighted by molar-refractivity contribution is -0.121. The summed E-state index contributed by atoms with van der Waals surface area (Å²) in [6.45, 7) is 2.18. The molecule has 2 aromatic heterocycles. The summed E-state index contributed by atoms with van der Waals surface area (Å²) in [4.78, 5) is 37.0. The minimum atomic E-state index is -0.466. The van der Waals surface area contributed by atoms with E-state index in [0.717, 1.165) is 5.56 Å². The van der Waals surface area contributed by atoms with Crippen molar-refractivity contribution >= 4 is 17.7 Å². The summed E-state index contributed by atoms with van der Waals surface area (Å²) >= 11 is 0. The Morgan fingerprint density at radius 2 is 1.92 bits per heavy atom. The van der Waals surface area contributed by atoms with Crippen LogP contribution in [-0.2, 0) is 22.5 Å². The molecular formula is C27H23N5O5. The molecule has 2 atom stereocenters. The molecule has 6 rings (SSSR count). The van der Waals surface area contributed by atoms with Crippen molar-refractivity contribution in [2.75, 3.05) is 31.1 Å². The van der Waals surface area contributed by atoms with Gasteiger partial charge >= 0.3 is 6.09 Å². The highest BCUT2D eigenvalue weighted by Gasteiger charge is 2.43. The molecule has 3 aromatic rings. The minimum Gasteiger partial charge on any atom is -0.507 e. The predicted molar refractivity (Wildman–Crippen MR) is 131 cm³/mol. The maximum atomic E-state index is 12.8. The van der Waals surface area contributed by atoms with Crippen LogP contribution in [0.25, 0.3) is 11.3 Å². The molecule has 186 valence electrons. The first-order valence-corrected chi connectivity index (χ1v) is 12.0. The Morgan fingerprint density at radius 3 is 2.78 bits per heavy atom. The topological polar surface area (TPSA) is 129 Å². The largest absolute Gasteiger partial charge is 0.507 e. The van der Waals surface area contributed by atoms with E-state index in [1.807, 2.05) is 18.2 Å². The van der Waals surface area contributed by atoms with Crippen LogP contribution in [0.4, 0.5) is 10.6 Å². The Hall–Kier alpha value is -4.49. The van der Waals surface area contributed by atoms with Crippen molar-refractivity contribution in [1.29, 1.82) is 5.26 Å². The molecule has 37 heavy (non-hydrogen) atoms. The van der Waals surface area contributed by atoms with Crippen molar-refractivity contribution in [3.63, 3.8) is 0 Å². The van der Waals surface area contributed by atoms with Gasteiger partial charge in [0.2, 0.25) is 0 Å². The number of rotatable bonds is 4. The van der Waals surface area contributed by atoms with E-state index in [4.69, 9.17) is 14.7 Å². The third-order valence-corrected chi connectivity index (χ3v) is 6.95. The summed E-state index contributed by atoms with van der Waals surface area (Å²) in [7, 11) is 0. The van der Waals surface area contributed by atoms with Gasteiger partial charge in [-0.2, -0.15) is 5.26 Å². The SMILES string of the molecule is N#Cc1cccc(-c2cccc(CN3C[C@@H]4CN(c5ccc6c(n5)CC(=O)CO6)C(=O)O[C@H]4C3)c2O)n1. The highest BCUT2D eigenvalue weighted by molar-refractivity contribution is 5.88. The van der Waals surface area contributed by atoms with Crippen molar-refractivity contribution in [3.05, 3.63) is 65.5 Å². The van der Waals surface area contributed by atoms with Gasteiger partial charge in [0.15, 0.2) is 5.78 Å². The molecule has 0 unspecified atom stereocenters. The number of ketones is 1. The fourth-order valence-electron chi connectivity index (χ4n) is 5.15. The van der Waals surface area contributed by atoms with E-state index in [9.17, 15) is 14.7 Å². The van der Waals surface area contributed by atoms with Crippen molar-refractivity contribution in [2.45, 2.75) is 19.1 Å². The minimum absolute atomic E-state index is 0.0423. The van der Waals surface area contributed by atoms with Crippen LogP contribution >= 0.6 is 0 Å². The Morgan fingerprint density at radius 1 is 1.05 bits per heavy atom.